The minimum atomic E-state index is -0.0890. The zero-order valence-electron chi connectivity index (χ0n) is 6.33. The van der Waals surface area contributed by atoms with E-state index in [1.165, 1.54) is 0 Å². The molecule has 60 valence electrons. The van der Waals surface area contributed by atoms with Gasteiger partial charge in [0.1, 0.15) is 0 Å². The van der Waals surface area contributed by atoms with Crippen molar-refractivity contribution < 1.29 is 4.39 Å². The van der Waals surface area contributed by atoms with E-state index in [0.717, 1.165) is 10.0 Å². The molecule has 2 heteroatoms. The predicted octanol–water partition coefficient (Wildman–Crippen LogP) is 2.55. The van der Waals surface area contributed by atoms with E-state index in [1.54, 1.807) is 11.0 Å². The van der Waals surface area contributed by atoms with E-state index in [0.29, 0.717) is 0 Å². The molecule has 0 saturated carbocycles. The first-order valence-corrected chi connectivity index (χ1v) is 5.50. The molecule has 0 N–H and O–H groups in total. The number of benzene rings is 1. The van der Waals surface area contributed by atoms with Crippen molar-refractivity contribution >= 4 is 14.5 Å². The molecule has 0 spiro atoms. The van der Waals surface area contributed by atoms with Gasteiger partial charge in [-0.05, 0) is 0 Å². The molecule has 0 bridgehead atoms. The van der Waals surface area contributed by atoms with Crippen molar-refractivity contribution in [1.82, 2.24) is 0 Å². The minimum absolute atomic E-state index is 0.0890. The summed E-state index contributed by atoms with van der Waals surface area (Å²) in [5.41, 5.74) is 1.14. The van der Waals surface area contributed by atoms with Crippen molar-refractivity contribution in [3.05, 3.63) is 47.2 Å². The Labute approximate surface area is 76.4 Å². The molecule has 2 aromatic rings. The Kier molecular flexibility index (Phi) is 2.11. The third kappa shape index (κ3) is 1.50. The molecule has 0 unspecified atom stereocenters. The van der Waals surface area contributed by atoms with Crippen molar-refractivity contribution in [3.8, 4) is 10.0 Å². The fraction of sp³-hybridized carbons (Fsp3) is 0. The number of hydrogen-bond donors (Lipinski definition) is 0. The summed E-state index contributed by atoms with van der Waals surface area (Å²) in [4.78, 5) is 1.66. The molecule has 0 aliphatic carbocycles. The van der Waals surface area contributed by atoms with Gasteiger partial charge < -0.3 is 0 Å². The molecule has 0 saturated heterocycles. The van der Waals surface area contributed by atoms with Crippen molar-refractivity contribution in [2.24, 2.45) is 0 Å². The van der Waals surface area contributed by atoms with Gasteiger partial charge in [0.2, 0.25) is 0 Å². The van der Waals surface area contributed by atoms with E-state index in [1.807, 2.05) is 30.3 Å². The van der Waals surface area contributed by atoms with Crippen molar-refractivity contribution in [1.29, 1.82) is 0 Å². The summed E-state index contributed by atoms with van der Waals surface area (Å²) in [7, 11) is 0. The molecule has 0 aliphatic heterocycles. The van der Waals surface area contributed by atoms with E-state index < -0.39 is 0 Å². The SMILES string of the molecule is Fc1c[se]c(-c2ccccc2)c1. The molecular weight excluding hydrogens is 218 g/mol. The maximum atomic E-state index is 12.7. The average molecular weight is 225 g/mol. The van der Waals surface area contributed by atoms with Crippen LogP contribution in [0.3, 0.4) is 0 Å². The van der Waals surface area contributed by atoms with Gasteiger partial charge in [-0.1, -0.05) is 0 Å². The first kappa shape index (κ1) is 7.78. The number of rotatable bonds is 1. The van der Waals surface area contributed by atoms with Gasteiger partial charge in [0, 0.05) is 0 Å². The topological polar surface area (TPSA) is 0 Å². The quantitative estimate of drug-likeness (QED) is 0.654. The van der Waals surface area contributed by atoms with Crippen LogP contribution in [0.4, 0.5) is 4.39 Å². The van der Waals surface area contributed by atoms with E-state index >= 15 is 0 Å². The van der Waals surface area contributed by atoms with Gasteiger partial charge in [-0.3, -0.25) is 0 Å². The van der Waals surface area contributed by atoms with Gasteiger partial charge in [-0.15, -0.1) is 0 Å². The molecular formula is C10H7FSe. The van der Waals surface area contributed by atoms with Crippen LogP contribution < -0.4 is 0 Å². The zero-order valence-corrected chi connectivity index (χ0v) is 8.04. The van der Waals surface area contributed by atoms with Crippen LogP contribution in [-0.2, 0) is 0 Å². The van der Waals surface area contributed by atoms with E-state index in [9.17, 15) is 4.39 Å². The molecule has 0 amide bonds. The van der Waals surface area contributed by atoms with Crippen LogP contribution in [0.2, 0.25) is 0 Å². The van der Waals surface area contributed by atoms with E-state index in [-0.39, 0.29) is 20.3 Å². The zero-order chi connectivity index (χ0) is 8.39. The Balaban J connectivity index is 2.45. The monoisotopic (exact) mass is 226 g/mol. The second-order valence-corrected chi connectivity index (χ2v) is 4.41. The maximum absolute atomic E-state index is 12.7. The van der Waals surface area contributed by atoms with Gasteiger partial charge >= 0.3 is 76.1 Å². The molecule has 2 rings (SSSR count). The number of halogens is 1. The van der Waals surface area contributed by atoms with Gasteiger partial charge in [0.15, 0.2) is 0 Å². The van der Waals surface area contributed by atoms with Crippen LogP contribution in [0.1, 0.15) is 0 Å². The summed E-state index contributed by atoms with van der Waals surface area (Å²) in [5, 5.41) is 0. The molecule has 12 heavy (non-hydrogen) atoms. The van der Waals surface area contributed by atoms with Gasteiger partial charge in [-0.25, -0.2) is 0 Å². The van der Waals surface area contributed by atoms with Crippen molar-refractivity contribution in [2.45, 2.75) is 0 Å². The Bertz CT molecular complexity index is 364. The summed E-state index contributed by atoms with van der Waals surface area (Å²) in [6, 6.07) is 11.6. The Hall–Kier alpha value is -0.851. The van der Waals surface area contributed by atoms with Crippen LogP contribution >= 0.6 is 0 Å². The predicted molar refractivity (Wildman–Crippen MR) is 48.8 cm³/mol. The fourth-order valence-electron chi connectivity index (χ4n) is 1.07. The summed E-state index contributed by atoms with van der Waals surface area (Å²) in [6.45, 7) is 0. The first-order valence-electron chi connectivity index (χ1n) is 3.66. The Morgan fingerprint density at radius 1 is 1.08 bits per heavy atom. The molecule has 0 aliphatic rings. The van der Waals surface area contributed by atoms with E-state index in [4.69, 9.17) is 0 Å². The molecule has 1 aromatic heterocycles. The summed E-state index contributed by atoms with van der Waals surface area (Å²) < 4.78 is 13.8. The third-order valence-corrected chi connectivity index (χ3v) is 3.62. The average Bonchev–Trinajstić information content (AvgIpc) is 2.54. The van der Waals surface area contributed by atoms with Gasteiger partial charge in [0.05, 0.1) is 0 Å². The molecule has 1 aromatic carbocycles. The standard InChI is InChI=1S/C10H7FSe/c11-9-6-10(12-7-9)8-4-2-1-3-5-8/h1-7H. The molecule has 0 nitrogen and oxygen atoms in total. The van der Waals surface area contributed by atoms with Crippen LogP contribution in [0.15, 0.2) is 41.3 Å². The number of hydrogen-bond acceptors (Lipinski definition) is 0. The van der Waals surface area contributed by atoms with Crippen LogP contribution in [0.25, 0.3) is 10.0 Å². The molecule has 0 atom stereocenters. The van der Waals surface area contributed by atoms with Gasteiger partial charge in [-0.2, -0.15) is 0 Å². The molecule has 1 heterocycles. The molecule has 0 fully saturated rings. The van der Waals surface area contributed by atoms with Crippen LogP contribution in [0.5, 0.6) is 0 Å². The normalized spacial score (nSPS) is 10.1. The summed E-state index contributed by atoms with van der Waals surface area (Å²) in [5.74, 6) is -0.0890. The van der Waals surface area contributed by atoms with Crippen LogP contribution in [0, 0.1) is 5.82 Å². The summed E-state index contributed by atoms with van der Waals surface area (Å²) in [6.07, 6.45) is 0. The second kappa shape index (κ2) is 3.26. The Morgan fingerprint density at radius 2 is 1.83 bits per heavy atom. The van der Waals surface area contributed by atoms with Crippen molar-refractivity contribution in [3.63, 3.8) is 0 Å². The first-order chi connectivity index (χ1) is 5.86. The Morgan fingerprint density at radius 3 is 2.42 bits per heavy atom. The second-order valence-electron chi connectivity index (χ2n) is 2.50. The summed E-state index contributed by atoms with van der Waals surface area (Å²) >= 11 is 0.186. The van der Waals surface area contributed by atoms with Crippen LogP contribution in [-0.4, -0.2) is 14.5 Å². The van der Waals surface area contributed by atoms with Gasteiger partial charge in [0.25, 0.3) is 0 Å². The van der Waals surface area contributed by atoms with E-state index in [2.05, 4.69) is 0 Å². The molecule has 0 radical (unpaired) electrons. The van der Waals surface area contributed by atoms with Crippen molar-refractivity contribution in [2.75, 3.05) is 0 Å². The third-order valence-electron chi connectivity index (χ3n) is 1.63. The fourth-order valence-corrected chi connectivity index (χ4v) is 2.66.